The van der Waals surface area contributed by atoms with Crippen molar-refractivity contribution in [1.82, 2.24) is 9.38 Å². The van der Waals surface area contributed by atoms with Crippen molar-refractivity contribution in [3.05, 3.63) is 83.0 Å². The molecular formula is C24H22BrN3O2. The zero-order chi connectivity index (χ0) is 21.3. The second-order valence-corrected chi connectivity index (χ2v) is 8.95. The topological polar surface area (TPSA) is 55.6 Å². The van der Waals surface area contributed by atoms with E-state index < -0.39 is 5.97 Å². The molecule has 2 aromatic carbocycles. The van der Waals surface area contributed by atoms with E-state index in [1.165, 1.54) is 0 Å². The van der Waals surface area contributed by atoms with Gasteiger partial charge in [0, 0.05) is 21.8 Å². The van der Waals surface area contributed by atoms with Gasteiger partial charge in [0.05, 0.1) is 5.56 Å². The lowest BCUT2D eigenvalue weighted by Crippen LogP contribution is -2.27. The van der Waals surface area contributed by atoms with Gasteiger partial charge in [-0.15, -0.1) is 0 Å². The number of nitrogens with zero attached hydrogens (tertiary/aromatic N) is 2. The zero-order valence-corrected chi connectivity index (χ0v) is 18.6. The number of esters is 1. The SMILES string of the molecule is CC(C)(C)Nc1c(-c2cccc(OC(=O)c3ccc(Br)cc3)c2)nc2ccccn12. The lowest BCUT2D eigenvalue weighted by molar-refractivity contribution is 0.0735. The molecule has 0 fully saturated rings. The van der Waals surface area contributed by atoms with Gasteiger partial charge in [0.2, 0.25) is 0 Å². The van der Waals surface area contributed by atoms with Crippen LogP contribution >= 0.6 is 15.9 Å². The van der Waals surface area contributed by atoms with Crippen molar-refractivity contribution in [2.45, 2.75) is 26.3 Å². The number of hydrogen-bond donors (Lipinski definition) is 1. The number of rotatable bonds is 4. The molecule has 0 aliphatic carbocycles. The molecule has 0 bridgehead atoms. The zero-order valence-electron chi connectivity index (χ0n) is 17.0. The van der Waals surface area contributed by atoms with Crippen LogP contribution in [-0.2, 0) is 0 Å². The van der Waals surface area contributed by atoms with Crippen molar-refractivity contribution in [3.8, 4) is 17.0 Å². The molecular weight excluding hydrogens is 442 g/mol. The summed E-state index contributed by atoms with van der Waals surface area (Å²) < 4.78 is 8.55. The molecule has 152 valence electrons. The maximum atomic E-state index is 12.5. The second-order valence-electron chi connectivity index (χ2n) is 8.04. The van der Waals surface area contributed by atoms with Gasteiger partial charge in [-0.05, 0) is 69.3 Å². The van der Waals surface area contributed by atoms with E-state index in [-0.39, 0.29) is 5.54 Å². The Labute approximate surface area is 183 Å². The molecule has 0 aliphatic rings. The third-order valence-corrected chi connectivity index (χ3v) is 4.95. The van der Waals surface area contributed by atoms with Crippen molar-refractivity contribution in [2.75, 3.05) is 5.32 Å². The predicted molar refractivity (Wildman–Crippen MR) is 123 cm³/mol. The molecule has 4 aromatic rings. The number of aromatic nitrogens is 2. The molecule has 4 rings (SSSR count). The van der Waals surface area contributed by atoms with Crippen LogP contribution in [0.1, 0.15) is 31.1 Å². The first-order valence-corrected chi connectivity index (χ1v) is 10.4. The number of ether oxygens (including phenoxy) is 1. The smallest absolute Gasteiger partial charge is 0.343 e. The van der Waals surface area contributed by atoms with Gasteiger partial charge in [0.25, 0.3) is 0 Å². The van der Waals surface area contributed by atoms with Gasteiger partial charge in [-0.25, -0.2) is 9.78 Å². The molecule has 30 heavy (non-hydrogen) atoms. The summed E-state index contributed by atoms with van der Waals surface area (Å²) in [6.45, 7) is 6.32. The fourth-order valence-electron chi connectivity index (χ4n) is 3.13. The highest BCUT2D eigenvalue weighted by atomic mass is 79.9. The Morgan fingerprint density at radius 3 is 2.53 bits per heavy atom. The largest absolute Gasteiger partial charge is 0.423 e. The maximum Gasteiger partial charge on any atom is 0.343 e. The Morgan fingerprint density at radius 1 is 1.03 bits per heavy atom. The molecule has 0 atom stereocenters. The average molecular weight is 464 g/mol. The summed E-state index contributed by atoms with van der Waals surface area (Å²) in [6.07, 6.45) is 1.98. The third kappa shape index (κ3) is 4.39. The number of fused-ring (bicyclic) bond motifs is 1. The molecule has 0 saturated heterocycles. The molecule has 5 nitrogen and oxygen atoms in total. The van der Waals surface area contributed by atoms with Gasteiger partial charge in [-0.2, -0.15) is 0 Å². The van der Waals surface area contributed by atoms with E-state index in [9.17, 15) is 4.79 Å². The third-order valence-electron chi connectivity index (χ3n) is 4.42. The minimum absolute atomic E-state index is 0.147. The Bertz CT molecular complexity index is 1210. The van der Waals surface area contributed by atoms with Crippen LogP contribution in [0, 0.1) is 0 Å². The van der Waals surface area contributed by atoms with Crippen molar-refractivity contribution in [3.63, 3.8) is 0 Å². The quantitative estimate of drug-likeness (QED) is 0.289. The average Bonchev–Trinajstić information content (AvgIpc) is 3.06. The van der Waals surface area contributed by atoms with E-state index in [4.69, 9.17) is 9.72 Å². The minimum Gasteiger partial charge on any atom is -0.423 e. The number of anilines is 1. The monoisotopic (exact) mass is 463 g/mol. The predicted octanol–water partition coefficient (Wildman–Crippen LogP) is 6.19. The Morgan fingerprint density at radius 2 is 1.80 bits per heavy atom. The molecule has 0 aliphatic heterocycles. The summed E-state index contributed by atoms with van der Waals surface area (Å²) in [5, 5.41) is 3.55. The highest BCUT2D eigenvalue weighted by Gasteiger charge is 2.19. The van der Waals surface area contributed by atoms with Crippen LogP contribution in [0.2, 0.25) is 0 Å². The summed E-state index contributed by atoms with van der Waals surface area (Å²) >= 11 is 3.37. The highest BCUT2D eigenvalue weighted by Crippen LogP contribution is 2.32. The molecule has 0 radical (unpaired) electrons. The fraction of sp³-hybridized carbons (Fsp3) is 0.167. The molecule has 0 saturated carbocycles. The van der Waals surface area contributed by atoms with Crippen molar-refractivity contribution in [2.24, 2.45) is 0 Å². The van der Waals surface area contributed by atoms with Crippen LogP contribution in [0.4, 0.5) is 5.82 Å². The molecule has 0 spiro atoms. The number of nitrogens with one attached hydrogen (secondary N) is 1. The lowest BCUT2D eigenvalue weighted by atomic mass is 10.1. The number of halogens is 1. The summed E-state index contributed by atoms with van der Waals surface area (Å²) in [5.41, 5.74) is 2.86. The highest BCUT2D eigenvalue weighted by molar-refractivity contribution is 9.10. The normalized spacial score (nSPS) is 11.5. The first kappa shape index (κ1) is 20.2. The van der Waals surface area contributed by atoms with Gasteiger partial charge in [-0.3, -0.25) is 4.40 Å². The van der Waals surface area contributed by atoms with Crippen LogP contribution in [-0.4, -0.2) is 20.9 Å². The Kier molecular flexibility index (Phi) is 5.35. The van der Waals surface area contributed by atoms with E-state index in [0.29, 0.717) is 11.3 Å². The van der Waals surface area contributed by atoms with Crippen LogP contribution in [0.5, 0.6) is 5.75 Å². The summed E-state index contributed by atoms with van der Waals surface area (Å²) in [7, 11) is 0. The summed E-state index contributed by atoms with van der Waals surface area (Å²) in [4.78, 5) is 17.3. The van der Waals surface area contributed by atoms with E-state index in [1.807, 2.05) is 59.1 Å². The van der Waals surface area contributed by atoms with Gasteiger partial charge >= 0.3 is 5.97 Å². The number of hydrogen-bond acceptors (Lipinski definition) is 4. The maximum absolute atomic E-state index is 12.5. The van der Waals surface area contributed by atoms with Crippen molar-refractivity contribution >= 4 is 33.4 Å². The number of imidazole rings is 1. The lowest BCUT2D eigenvalue weighted by Gasteiger charge is -2.22. The standard InChI is InChI=1S/C24H22BrN3O2/c1-24(2,3)27-22-21(26-20-9-4-5-14-28(20)22)17-7-6-8-19(15-17)30-23(29)16-10-12-18(25)13-11-16/h4-15,27H,1-3H3. The number of carbonyl (C=O) groups excluding carboxylic acids is 1. The van der Waals surface area contributed by atoms with Crippen LogP contribution in [0.15, 0.2) is 77.4 Å². The van der Waals surface area contributed by atoms with E-state index in [0.717, 1.165) is 27.2 Å². The molecule has 2 heterocycles. The van der Waals surface area contributed by atoms with Crippen LogP contribution < -0.4 is 10.1 Å². The minimum atomic E-state index is -0.400. The Balaban J connectivity index is 1.70. The van der Waals surface area contributed by atoms with E-state index in [1.54, 1.807) is 18.2 Å². The van der Waals surface area contributed by atoms with Crippen LogP contribution in [0.3, 0.4) is 0 Å². The number of benzene rings is 2. The van der Waals surface area contributed by atoms with Crippen LogP contribution in [0.25, 0.3) is 16.9 Å². The summed E-state index contributed by atoms with van der Waals surface area (Å²) in [5.74, 6) is 0.969. The molecule has 1 N–H and O–H groups in total. The fourth-order valence-corrected chi connectivity index (χ4v) is 3.39. The van der Waals surface area contributed by atoms with Gasteiger partial charge in [-0.1, -0.05) is 34.1 Å². The van der Waals surface area contributed by atoms with Gasteiger partial charge < -0.3 is 10.1 Å². The Hall–Kier alpha value is -3.12. The van der Waals surface area contributed by atoms with Crippen molar-refractivity contribution < 1.29 is 9.53 Å². The first-order valence-electron chi connectivity index (χ1n) is 9.64. The molecule has 0 unspecified atom stereocenters. The molecule has 0 amide bonds. The van der Waals surface area contributed by atoms with Gasteiger partial charge in [0.15, 0.2) is 0 Å². The number of carbonyl (C=O) groups is 1. The van der Waals surface area contributed by atoms with E-state index in [2.05, 4.69) is 42.0 Å². The first-order chi connectivity index (χ1) is 14.3. The van der Waals surface area contributed by atoms with Gasteiger partial charge in [0.1, 0.15) is 22.9 Å². The summed E-state index contributed by atoms with van der Waals surface area (Å²) in [6, 6.07) is 20.4. The number of pyridine rings is 1. The molecule has 6 heteroatoms. The molecule has 2 aromatic heterocycles. The van der Waals surface area contributed by atoms with E-state index >= 15 is 0 Å². The van der Waals surface area contributed by atoms with Crippen molar-refractivity contribution in [1.29, 1.82) is 0 Å². The second kappa shape index (κ2) is 7.95.